The second-order valence-corrected chi connectivity index (χ2v) is 13.2. The molecule has 0 spiro atoms. The van der Waals surface area contributed by atoms with Crippen LogP contribution >= 0.6 is 0 Å². The SMILES string of the molecule is CC1(NCCCC[C@H](NC(=O)c2ccc(C(F)(F)F)cc2)C(=O)N2CCN(S(C)(=O)=O)CC2)C[C@@H]1c1ccc(F)cc1. The van der Waals surface area contributed by atoms with Gasteiger partial charge in [0.15, 0.2) is 0 Å². The van der Waals surface area contributed by atoms with Crippen LogP contribution in [0.4, 0.5) is 17.6 Å². The maximum Gasteiger partial charge on any atom is 0.416 e. The van der Waals surface area contributed by atoms with Gasteiger partial charge < -0.3 is 15.5 Å². The van der Waals surface area contributed by atoms with Gasteiger partial charge in [0.1, 0.15) is 11.9 Å². The van der Waals surface area contributed by atoms with Crippen LogP contribution in [-0.2, 0) is 21.0 Å². The zero-order valence-electron chi connectivity index (χ0n) is 23.6. The first-order chi connectivity index (χ1) is 19.7. The van der Waals surface area contributed by atoms with Gasteiger partial charge in [0.25, 0.3) is 5.91 Å². The number of amides is 2. The Kier molecular flexibility index (Phi) is 9.63. The topological polar surface area (TPSA) is 98.8 Å². The largest absolute Gasteiger partial charge is 0.416 e. The van der Waals surface area contributed by atoms with E-state index < -0.39 is 33.7 Å². The molecule has 2 aliphatic rings. The van der Waals surface area contributed by atoms with Crippen molar-refractivity contribution in [3.63, 3.8) is 0 Å². The summed E-state index contributed by atoms with van der Waals surface area (Å²) in [6.07, 6.45) is -0.924. The number of rotatable bonds is 11. The second-order valence-electron chi connectivity index (χ2n) is 11.2. The molecule has 2 aromatic carbocycles. The summed E-state index contributed by atoms with van der Waals surface area (Å²) in [5.74, 6) is -1.02. The Hall–Kier alpha value is -3.03. The van der Waals surface area contributed by atoms with Crippen LogP contribution in [0.3, 0.4) is 0 Å². The number of sulfonamides is 1. The molecule has 8 nitrogen and oxygen atoms in total. The van der Waals surface area contributed by atoms with Crippen molar-refractivity contribution in [3.05, 3.63) is 71.0 Å². The number of unbranched alkanes of at least 4 members (excludes halogenated alkanes) is 1. The van der Waals surface area contributed by atoms with Crippen LogP contribution < -0.4 is 10.6 Å². The van der Waals surface area contributed by atoms with E-state index in [1.54, 1.807) is 12.1 Å². The van der Waals surface area contributed by atoms with Gasteiger partial charge >= 0.3 is 6.18 Å². The lowest BCUT2D eigenvalue weighted by molar-refractivity contribution is -0.137. The molecule has 230 valence electrons. The Morgan fingerprint density at radius 2 is 1.62 bits per heavy atom. The van der Waals surface area contributed by atoms with Gasteiger partial charge in [0, 0.05) is 43.2 Å². The zero-order chi connectivity index (χ0) is 30.7. The molecule has 1 aliphatic carbocycles. The quantitative estimate of drug-likeness (QED) is 0.298. The van der Waals surface area contributed by atoms with Crippen molar-refractivity contribution in [2.24, 2.45) is 0 Å². The maximum atomic E-state index is 13.4. The molecule has 1 aliphatic heterocycles. The minimum absolute atomic E-state index is 0.00199. The summed E-state index contributed by atoms with van der Waals surface area (Å²) in [7, 11) is -3.39. The third kappa shape index (κ3) is 8.07. The summed E-state index contributed by atoms with van der Waals surface area (Å²) in [5.41, 5.74) is 0.0779. The van der Waals surface area contributed by atoms with E-state index in [9.17, 15) is 35.6 Å². The monoisotopic (exact) mass is 612 g/mol. The molecule has 1 unspecified atom stereocenters. The fourth-order valence-electron chi connectivity index (χ4n) is 5.36. The van der Waals surface area contributed by atoms with Crippen LogP contribution in [0.15, 0.2) is 48.5 Å². The summed E-state index contributed by atoms with van der Waals surface area (Å²) in [6.45, 7) is 3.39. The molecule has 1 heterocycles. The van der Waals surface area contributed by atoms with E-state index in [0.29, 0.717) is 25.8 Å². The van der Waals surface area contributed by atoms with Crippen LogP contribution in [-0.4, -0.2) is 80.0 Å². The summed E-state index contributed by atoms with van der Waals surface area (Å²) < 4.78 is 77.0. The Labute approximate surface area is 243 Å². The normalized spacial score (nSPS) is 22.0. The summed E-state index contributed by atoms with van der Waals surface area (Å²) in [6, 6.07) is 9.34. The van der Waals surface area contributed by atoms with Crippen molar-refractivity contribution in [2.75, 3.05) is 39.0 Å². The number of piperazine rings is 1. The average Bonchev–Trinajstić information content (AvgIpc) is 3.62. The maximum absolute atomic E-state index is 13.4. The highest BCUT2D eigenvalue weighted by atomic mass is 32.2. The van der Waals surface area contributed by atoms with Gasteiger partial charge in [-0.2, -0.15) is 17.5 Å². The first-order valence-corrected chi connectivity index (χ1v) is 15.7. The molecular weight excluding hydrogens is 576 g/mol. The predicted octanol–water partition coefficient (Wildman–Crippen LogP) is 3.75. The summed E-state index contributed by atoms with van der Waals surface area (Å²) in [4.78, 5) is 27.8. The van der Waals surface area contributed by atoms with Gasteiger partial charge in [-0.25, -0.2) is 12.8 Å². The molecule has 42 heavy (non-hydrogen) atoms. The highest BCUT2D eigenvalue weighted by Crippen LogP contribution is 2.51. The van der Waals surface area contributed by atoms with Crippen LogP contribution in [0, 0.1) is 5.82 Å². The fraction of sp³-hybridized carbons (Fsp3) is 0.517. The summed E-state index contributed by atoms with van der Waals surface area (Å²) >= 11 is 0. The van der Waals surface area contributed by atoms with Crippen molar-refractivity contribution in [1.82, 2.24) is 19.8 Å². The Morgan fingerprint density at radius 3 is 2.19 bits per heavy atom. The van der Waals surface area contributed by atoms with Crippen LogP contribution in [0.2, 0.25) is 0 Å². The minimum Gasteiger partial charge on any atom is -0.340 e. The van der Waals surface area contributed by atoms with Gasteiger partial charge in [0.05, 0.1) is 11.8 Å². The van der Waals surface area contributed by atoms with Crippen LogP contribution in [0.1, 0.15) is 60.0 Å². The van der Waals surface area contributed by atoms with Crippen molar-refractivity contribution >= 4 is 21.8 Å². The lowest BCUT2D eigenvalue weighted by atomic mass is 10.0. The third-order valence-corrected chi connectivity index (χ3v) is 9.36. The van der Waals surface area contributed by atoms with Crippen LogP contribution in [0.25, 0.3) is 0 Å². The standard InChI is InChI=1S/C29H36F4N4O4S/c1-28(19-24(28)20-8-12-23(30)13-9-20)34-14-4-3-5-25(27(39)36-15-17-37(18-16-36)42(2,40)41)35-26(38)21-6-10-22(11-7-21)29(31,32)33/h6-13,24-25,34H,3-5,14-19H2,1-2H3,(H,35,38)/t24-,25+,28?/m1/s1. The number of benzene rings is 2. The first-order valence-electron chi connectivity index (χ1n) is 13.9. The number of halogens is 4. The predicted molar refractivity (Wildman–Crippen MR) is 150 cm³/mol. The molecule has 0 radical (unpaired) electrons. The van der Waals surface area contributed by atoms with Crippen molar-refractivity contribution in [1.29, 1.82) is 0 Å². The molecule has 0 aromatic heterocycles. The van der Waals surface area contributed by atoms with Crippen molar-refractivity contribution in [2.45, 2.75) is 56.3 Å². The molecule has 0 bridgehead atoms. The van der Waals surface area contributed by atoms with Gasteiger partial charge in [-0.15, -0.1) is 0 Å². The Balaban J connectivity index is 1.34. The molecule has 2 N–H and O–H groups in total. The minimum atomic E-state index is -4.54. The third-order valence-electron chi connectivity index (χ3n) is 8.06. The van der Waals surface area contributed by atoms with Gasteiger partial charge in [0.2, 0.25) is 15.9 Å². The Bertz CT molecular complexity index is 1360. The van der Waals surface area contributed by atoms with Crippen LogP contribution in [0.5, 0.6) is 0 Å². The number of nitrogens with one attached hydrogen (secondary N) is 2. The zero-order valence-corrected chi connectivity index (χ0v) is 24.4. The van der Waals surface area contributed by atoms with E-state index in [4.69, 9.17) is 0 Å². The number of hydrogen-bond donors (Lipinski definition) is 2. The van der Waals surface area contributed by atoms with Gasteiger partial charge in [-0.3, -0.25) is 9.59 Å². The lowest BCUT2D eigenvalue weighted by Gasteiger charge is -2.35. The fourth-order valence-corrected chi connectivity index (χ4v) is 6.19. The Morgan fingerprint density at radius 1 is 1.00 bits per heavy atom. The molecule has 2 aromatic rings. The van der Waals surface area contributed by atoms with E-state index in [0.717, 1.165) is 42.5 Å². The van der Waals surface area contributed by atoms with E-state index in [-0.39, 0.29) is 54.9 Å². The van der Waals surface area contributed by atoms with Crippen molar-refractivity contribution in [3.8, 4) is 0 Å². The number of carbonyl (C=O) groups excluding carboxylic acids is 2. The average molecular weight is 613 g/mol. The molecule has 2 amide bonds. The highest BCUT2D eigenvalue weighted by molar-refractivity contribution is 7.88. The van der Waals surface area contributed by atoms with E-state index in [1.807, 2.05) is 0 Å². The number of alkyl halides is 3. The molecule has 3 atom stereocenters. The number of hydrogen-bond acceptors (Lipinski definition) is 5. The number of nitrogens with zero attached hydrogens (tertiary/aromatic N) is 2. The van der Waals surface area contributed by atoms with E-state index >= 15 is 0 Å². The molecule has 1 saturated heterocycles. The molecule has 2 fully saturated rings. The second kappa shape index (κ2) is 12.7. The van der Waals surface area contributed by atoms with Crippen molar-refractivity contribution < 1.29 is 35.6 Å². The molecule has 4 rings (SSSR count). The van der Waals surface area contributed by atoms with E-state index in [1.165, 1.54) is 21.3 Å². The smallest absolute Gasteiger partial charge is 0.340 e. The van der Waals surface area contributed by atoms with Gasteiger partial charge in [-0.05, 0) is 81.1 Å². The molecule has 1 saturated carbocycles. The first kappa shape index (κ1) is 31.9. The molecular formula is C29H36F4N4O4S. The van der Waals surface area contributed by atoms with Gasteiger partial charge in [-0.1, -0.05) is 12.1 Å². The molecule has 13 heteroatoms. The highest BCUT2D eigenvalue weighted by Gasteiger charge is 2.50. The number of carbonyl (C=O) groups is 2. The summed E-state index contributed by atoms with van der Waals surface area (Å²) in [5, 5.41) is 6.22. The lowest BCUT2D eigenvalue weighted by Crippen LogP contribution is -2.55. The van der Waals surface area contributed by atoms with E-state index in [2.05, 4.69) is 17.6 Å².